The fourth-order valence-corrected chi connectivity index (χ4v) is 2.90. The predicted molar refractivity (Wildman–Crippen MR) is 101 cm³/mol. The normalized spacial score (nSPS) is 14.6. The Hall–Kier alpha value is -2.18. The summed E-state index contributed by atoms with van der Waals surface area (Å²) in [6, 6.07) is 8.93. The highest BCUT2D eigenvalue weighted by Gasteiger charge is 2.20. The maximum atomic E-state index is 12.4. The van der Waals surface area contributed by atoms with Gasteiger partial charge in [-0.15, -0.1) is 12.4 Å². The summed E-state index contributed by atoms with van der Waals surface area (Å²) in [5.41, 5.74) is 2.09. The summed E-state index contributed by atoms with van der Waals surface area (Å²) in [5.74, 6) is 0.631. The van der Waals surface area contributed by atoms with Crippen molar-refractivity contribution in [3.63, 3.8) is 0 Å². The Kier molecular flexibility index (Phi) is 6.73. The molecule has 0 spiro atoms. The summed E-state index contributed by atoms with van der Waals surface area (Å²) in [6.07, 6.45) is 2.42. The van der Waals surface area contributed by atoms with Gasteiger partial charge in [-0.05, 0) is 44.5 Å². The van der Waals surface area contributed by atoms with E-state index in [-0.39, 0.29) is 29.8 Å². The van der Waals surface area contributed by atoms with Crippen LogP contribution in [0.15, 0.2) is 35.1 Å². The van der Waals surface area contributed by atoms with Crippen LogP contribution in [0.5, 0.6) is 0 Å². The minimum atomic E-state index is -0.166. The number of aromatic nitrogens is 2. The molecule has 3 N–H and O–H groups in total. The van der Waals surface area contributed by atoms with Crippen molar-refractivity contribution in [1.82, 2.24) is 15.3 Å². The Morgan fingerprint density at radius 3 is 2.76 bits per heavy atom. The average molecular weight is 363 g/mol. The number of hydrogen-bond donors (Lipinski definition) is 3. The molecule has 1 aliphatic heterocycles. The maximum absolute atomic E-state index is 12.4. The Balaban J connectivity index is 0.00000225. The largest absolute Gasteiger partial charge is 0.326 e. The lowest BCUT2D eigenvalue weighted by atomic mass is 9.97. The van der Waals surface area contributed by atoms with Crippen molar-refractivity contribution in [1.29, 1.82) is 0 Å². The Morgan fingerprint density at radius 1 is 1.28 bits per heavy atom. The van der Waals surface area contributed by atoms with E-state index in [1.807, 2.05) is 31.2 Å². The first-order valence-electron chi connectivity index (χ1n) is 8.38. The topological polar surface area (TPSA) is 86.9 Å². The smallest absolute Gasteiger partial charge is 0.251 e. The first-order valence-corrected chi connectivity index (χ1v) is 8.38. The third kappa shape index (κ3) is 4.90. The van der Waals surface area contributed by atoms with Gasteiger partial charge in [0.25, 0.3) is 5.56 Å². The van der Waals surface area contributed by atoms with E-state index in [9.17, 15) is 9.59 Å². The van der Waals surface area contributed by atoms with Crippen molar-refractivity contribution in [3.05, 3.63) is 46.4 Å². The van der Waals surface area contributed by atoms with E-state index in [0.29, 0.717) is 12.2 Å². The molecule has 1 aromatic heterocycles. The number of benzene rings is 1. The number of halogens is 1. The Bertz CT molecular complexity index is 785. The molecule has 6 nitrogen and oxygen atoms in total. The zero-order valence-electron chi connectivity index (χ0n) is 14.2. The number of aryl methyl sites for hydroxylation is 1. The van der Waals surface area contributed by atoms with Gasteiger partial charge in [0.15, 0.2) is 0 Å². The number of nitrogens with one attached hydrogen (secondary N) is 3. The van der Waals surface area contributed by atoms with Gasteiger partial charge in [-0.25, -0.2) is 4.98 Å². The van der Waals surface area contributed by atoms with E-state index in [2.05, 4.69) is 20.6 Å². The van der Waals surface area contributed by atoms with E-state index in [4.69, 9.17) is 0 Å². The minimum Gasteiger partial charge on any atom is -0.326 e. The van der Waals surface area contributed by atoms with Gasteiger partial charge in [0.1, 0.15) is 5.82 Å². The first-order chi connectivity index (χ1) is 11.7. The van der Waals surface area contributed by atoms with Crippen molar-refractivity contribution in [2.24, 2.45) is 5.92 Å². The van der Waals surface area contributed by atoms with E-state index in [0.717, 1.165) is 42.9 Å². The fraction of sp³-hybridized carbons (Fsp3) is 0.389. The monoisotopic (exact) mass is 362 g/mol. The van der Waals surface area contributed by atoms with Crippen LogP contribution in [0.2, 0.25) is 0 Å². The van der Waals surface area contributed by atoms with E-state index in [1.165, 1.54) is 6.07 Å². The second-order valence-corrected chi connectivity index (χ2v) is 6.03. The number of carbonyl (C=O) groups is 1. The molecule has 0 bridgehead atoms. The van der Waals surface area contributed by atoms with Crippen LogP contribution in [0.25, 0.3) is 11.4 Å². The Labute approximate surface area is 152 Å². The number of rotatable bonds is 4. The van der Waals surface area contributed by atoms with Gasteiger partial charge in [-0.2, -0.15) is 0 Å². The van der Waals surface area contributed by atoms with Crippen LogP contribution in [0, 0.1) is 5.92 Å². The first kappa shape index (κ1) is 19.1. The third-order valence-electron chi connectivity index (χ3n) is 4.27. The molecular weight excluding hydrogens is 340 g/mol. The number of nitrogens with zero attached hydrogens (tertiary/aromatic N) is 1. The van der Waals surface area contributed by atoms with Gasteiger partial charge in [-0.1, -0.05) is 19.1 Å². The molecule has 1 aliphatic rings. The number of aromatic amines is 1. The highest BCUT2D eigenvalue weighted by atomic mass is 35.5. The highest BCUT2D eigenvalue weighted by Crippen LogP contribution is 2.21. The number of anilines is 1. The molecular formula is C18H23ClN4O2. The fourth-order valence-electron chi connectivity index (χ4n) is 2.90. The zero-order valence-corrected chi connectivity index (χ0v) is 15.0. The third-order valence-corrected chi connectivity index (χ3v) is 4.27. The van der Waals surface area contributed by atoms with E-state index >= 15 is 0 Å². The van der Waals surface area contributed by atoms with Crippen LogP contribution in [0.3, 0.4) is 0 Å². The summed E-state index contributed by atoms with van der Waals surface area (Å²) in [6.45, 7) is 3.72. The molecule has 134 valence electrons. The number of amides is 1. The summed E-state index contributed by atoms with van der Waals surface area (Å²) < 4.78 is 0. The lowest BCUT2D eigenvalue weighted by Gasteiger charge is -2.21. The summed E-state index contributed by atoms with van der Waals surface area (Å²) in [5, 5.41) is 6.24. The standard InChI is InChI=1S/C18H22N4O2.ClH/c1-2-14-11-16(23)22-17(20-14)13-4-3-5-15(10-13)21-18(24)12-6-8-19-9-7-12;/h3-5,10-12,19H,2,6-9H2,1H3,(H,21,24)(H,20,22,23);1H. The molecule has 1 aromatic carbocycles. The summed E-state index contributed by atoms with van der Waals surface area (Å²) in [7, 11) is 0. The van der Waals surface area contributed by atoms with E-state index in [1.54, 1.807) is 0 Å². The van der Waals surface area contributed by atoms with Crippen LogP contribution >= 0.6 is 12.4 Å². The maximum Gasteiger partial charge on any atom is 0.251 e. The number of H-pyrrole nitrogens is 1. The molecule has 1 amide bonds. The number of hydrogen-bond acceptors (Lipinski definition) is 4. The second kappa shape index (κ2) is 8.78. The van der Waals surface area contributed by atoms with Gasteiger partial charge in [-0.3, -0.25) is 9.59 Å². The van der Waals surface area contributed by atoms with Crippen LogP contribution in [-0.4, -0.2) is 29.0 Å². The number of piperidine rings is 1. The molecule has 7 heteroatoms. The van der Waals surface area contributed by atoms with Crippen molar-refractivity contribution in [2.45, 2.75) is 26.2 Å². The van der Waals surface area contributed by atoms with Gasteiger partial charge in [0.05, 0.1) is 0 Å². The zero-order chi connectivity index (χ0) is 16.9. The van der Waals surface area contributed by atoms with Crippen LogP contribution in [0.1, 0.15) is 25.5 Å². The Morgan fingerprint density at radius 2 is 2.04 bits per heavy atom. The highest BCUT2D eigenvalue weighted by molar-refractivity contribution is 5.93. The summed E-state index contributed by atoms with van der Waals surface area (Å²) in [4.78, 5) is 31.3. The molecule has 2 aromatic rings. The summed E-state index contributed by atoms with van der Waals surface area (Å²) >= 11 is 0. The van der Waals surface area contributed by atoms with Gasteiger partial charge < -0.3 is 15.6 Å². The van der Waals surface area contributed by atoms with Crippen LogP contribution < -0.4 is 16.2 Å². The van der Waals surface area contributed by atoms with Crippen molar-refractivity contribution in [3.8, 4) is 11.4 Å². The van der Waals surface area contributed by atoms with Gasteiger partial charge >= 0.3 is 0 Å². The van der Waals surface area contributed by atoms with Gasteiger partial charge in [0, 0.05) is 28.9 Å². The molecule has 25 heavy (non-hydrogen) atoms. The van der Waals surface area contributed by atoms with Crippen molar-refractivity contribution in [2.75, 3.05) is 18.4 Å². The quantitative estimate of drug-likeness (QED) is 0.779. The predicted octanol–water partition coefficient (Wildman–Crippen LogP) is 2.36. The molecule has 2 heterocycles. The number of carbonyl (C=O) groups excluding carboxylic acids is 1. The molecule has 0 unspecified atom stereocenters. The molecule has 0 aliphatic carbocycles. The van der Waals surface area contributed by atoms with Crippen molar-refractivity contribution >= 4 is 24.0 Å². The molecule has 0 atom stereocenters. The molecule has 1 saturated heterocycles. The minimum absolute atomic E-state index is 0. The van der Waals surface area contributed by atoms with E-state index < -0.39 is 0 Å². The SMILES string of the molecule is CCc1cc(=O)[nH]c(-c2cccc(NC(=O)C3CCNCC3)c2)n1.Cl. The second-order valence-electron chi connectivity index (χ2n) is 6.03. The lowest BCUT2D eigenvalue weighted by Crippen LogP contribution is -2.34. The molecule has 0 saturated carbocycles. The van der Waals surface area contributed by atoms with Crippen LogP contribution in [-0.2, 0) is 11.2 Å². The average Bonchev–Trinajstić information content (AvgIpc) is 2.62. The van der Waals surface area contributed by atoms with Gasteiger partial charge in [0.2, 0.25) is 5.91 Å². The molecule has 1 fully saturated rings. The molecule has 0 radical (unpaired) electrons. The molecule has 3 rings (SSSR count). The van der Waals surface area contributed by atoms with Crippen LogP contribution in [0.4, 0.5) is 5.69 Å². The lowest BCUT2D eigenvalue weighted by molar-refractivity contribution is -0.120. The van der Waals surface area contributed by atoms with Crippen molar-refractivity contribution < 1.29 is 4.79 Å².